The Balaban J connectivity index is 1.35. The second-order valence-electron chi connectivity index (χ2n) is 6.07. The van der Waals surface area contributed by atoms with E-state index in [1.165, 1.54) is 12.1 Å². The molecular formula is C17H16ClFN6O. The second kappa shape index (κ2) is 6.80. The summed E-state index contributed by atoms with van der Waals surface area (Å²) >= 11 is 5.72. The minimum Gasteiger partial charge on any atom is -0.369 e. The van der Waals surface area contributed by atoms with E-state index >= 15 is 0 Å². The number of nitrogens with one attached hydrogen (secondary N) is 2. The van der Waals surface area contributed by atoms with Crippen LogP contribution in [-0.2, 0) is 0 Å². The Kier molecular flexibility index (Phi) is 4.34. The van der Waals surface area contributed by atoms with E-state index in [1.54, 1.807) is 22.8 Å². The van der Waals surface area contributed by atoms with Gasteiger partial charge in [0.2, 0.25) is 0 Å². The minimum absolute atomic E-state index is 0.0502. The molecule has 0 saturated carbocycles. The highest BCUT2D eigenvalue weighted by atomic mass is 35.5. The highest BCUT2D eigenvalue weighted by molar-refractivity contribution is 6.30. The number of carbonyl (C=O) groups is 1. The molecule has 2 amide bonds. The summed E-state index contributed by atoms with van der Waals surface area (Å²) < 4.78 is 15.2. The quantitative estimate of drug-likeness (QED) is 0.739. The largest absolute Gasteiger partial charge is 0.369 e. The van der Waals surface area contributed by atoms with Crippen molar-refractivity contribution in [1.82, 2.24) is 19.9 Å². The Hall–Kier alpha value is -2.87. The summed E-state index contributed by atoms with van der Waals surface area (Å²) in [7, 11) is 0. The van der Waals surface area contributed by atoms with Crippen molar-refractivity contribution in [3.63, 3.8) is 0 Å². The molecule has 1 aliphatic rings. The normalized spacial score (nSPS) is 16.8. The zero-order valence-electron chi connectivity index (χ0n) is 13.7. The second-order valence-corrected chi connectivity index (χ2v) is 6.47. The summed E-state index contributed by atoms with van der Waals surface area (Å²) in [5, 5.41) is 9.81. The molecule has 4 rings (SSSR count). The Labute approximate surface area is 153 Å². The molecule has 7 nitrogen and oxygen atoms in total. The maximum absolute atomic E-state index is 13.6. The lowest BCUT2D eigenvalue weighted by Crippen LogP contribution is -2.40. The van der Waals surface area contributed by atoms with Gasteiger partial charge in [-0.05, 0) is 36.8 Å². The fourth-order valence-corrected chi connectivity index (χ4v) is 3.12. The van der Waals surface area contributed by atoms with Gasteiger partial charge >= 0.3 is 6.03 Å². The molecule has 0 radical (unpaired) electrons. The number of pyridine rings is 1. The van der Waals surface area contributed by atoms with E-state index in [1.807, 2.05) is 17.0 Å². The average Bonchev–Trinajstić information content (AvgIpc) is 3.23. The summed E-state index contributed by atoms with van der Waals surface area (Å²) in [5.74, 6) is -0.209. The Morgan fingerprint density at radius 1 is 1.31 bits per heavy atom. The van der Waals surface area contributed by atoms with Crippen molar-refractivity contribution in [1.29, 1.82) is 0 Å². The Morgan fingerprint density at radius 3 is 3.00 bits per heavy atom. The van der Waals surface area contributed by atoms with Crippen molar-refractivity contribution in [2.24, 2.45) is 0 Å². The monoisotopic (exact) mass is 374 g/mol. The number of aromatic nitrogens is 3. The van der Waals surface area contributed by atoms with Crippen molar-refractivity contribution in [2.75, 3.05) is 23.3 Å². The third-order valence-corrected chi connectivity index (χ3v) is 4.56. The van der Waals surface area contributed by atoms with E-state index in [0.29, 0.717) is 12.2 Å². The van der Waals surface area contributed by atoms with E-state index in [2.05, 4.69) is 20.7 Å². The minimum atomic E-state index is -0.448. The number of rotatable bonds is 3. The molecule has 2 aromatic heterocycles. The molecule has 1 aliphatic heterocycles. The van der Waals surface area contributed by atoms with E-state index in [-0.39, 0.29) is 23.0 Å². The van der Waals surface area contributed by atoms with E-state index in [4.69, 9.17) is 11.6 Å². The first-order chi connectivity index (χ1) is 12.6. The first-order valence-electron chi connectivity index (χ1n) is 8.17. The van der Waals surface area contributed by atoms with Crippen LogP contribution in [0.3, 0.4) is 0 Å². The first kappa shape index (κ1) is 16.6. The van der Waals surface area contributed by atoms with Gasteiger partial charge in [0.05, 0.1) is 5.02 Å². The SMILES string of the molecule is O=C(Nc1nc2ccccn2n1)NC1CCN(c2ccc(Cl)c(F)c2)C1. The third-order valence-electron chi connectivity index (χ3n) is 4.26. The predicted octanol–water partition coefficient (Wildman–Crippen LogP) is 2.92. The van der Waals surface area contributed by atoms with Crippen LogP contribution >= 0.6 is 11.6 Å². The number of halogens is 2. The number of amides is 2. The highest BCUT2D eigenvalue weighted by Crippen LogP contribution is 2.25. The summed E-state index contributed by atoms with van der Waals surface area (Å²) in [6, 6.07) is 9.78. The molecule has 1 unspecified atom stereocenters. The van der Waals surface area contributed by atoms with Crippen molar-refractivity contribution in [2.45, 2.75) is 12.5 Å². The number of fused-ring (bicyclic) bond motifs is 1. The molecule has 1 saturated heterocycles. The molecule has 9 heteroatoms. The van der Waals surface area contributed by atoms with Crippen LogP contribution in [0.15, 0.2) is 42.6 Å². The van der Waals surface area contributed by atoms with Gasteiger partial charge in [-0.1, -0.05) is 17.7 Å². The summed E-state index contributed by atoms with van der Waals surface area (Å²) in [4.78, 5) is 18.4. The molecule has 1 aromatic carbocycles. The van der Waals surface area contributed by atoms with Gasteiger partial charge < -0.3 is 10.2 Å². The zero-order valence-corrected chi connectivity index (χ0v) is 14.4. The van der Waals surface area contributed by atoms with E-state index < -0.39 is 5.82 Å². The summed E-state index contributed by atoms with van der Waals surface area (Å²) in [6.07, 6.45) is 2.52. The predicted molar refractivity (Wildman–Crippen MR) is 97.2 cm³/mol. The van der Waals surface area contributed by atoms with Crippen LogP contribution in [0.2, 0.25) is 5.02 Å². The lowest BCUT2D eigenvalue weighted by molar-refractivity contribution is 0.249. The van der Waals surface area contributed by atoms with Crippen molar-refractivity contribution < 1.29 is 9.18 Å². The molecule has 1 atom stereocenters. The molecule has 3 heterocycles. The van der Waals surface area contributed by atoms with Gasteiger partial charge in [0.15, 0.2) is 5.65 Å². The summed E-state index contributed by atoms with van der Waals surface area (Å²) in [5.41, 5.74) is 1.40. The third kappa shape index (κ3) is 3.41. The molecular weight excluding hydrogens is 359 g/mol. The van der Waals surface area contributed by atoms with Crippen LogP contribution in [-0.4, -0.2) is 39.8 Å². The van der Waals surface area contributed by atoms with Gasteiger partial charge in [0, 0.05) is 31.0 Å². The van der Waals surface area contributed by atoms with Crippen LogP contribution in [0.5, 0.6) is 0 Å². The maximum Gasteiger partial charge on any atom is 0.321 e. The van der Waals surface area contributed by atoms with E-state index in [9.17, 15) is 9.18 Å². The van der Waals surface area contributed by atoms with E-state index in [0.717, 1.165) is 18.7 Å². The van der Waals surface area contributed by atoms with Gasteiger partial charge in [0.1, 0.15) is 5.82 Å². The molecule has 134 valence electrons. The lowest BCUT2D eigenvalue weighted by atomic mass is 10.2. The fraction of sp³-hybridized carbons (Fsp3) is 0.235. The van der Waals surface area contributed by atoms with Gasteiger partial charge in [-0.3, -0.25) is 5.32 Å². The van der Waals surface area contributed by atoms with Gasteiger partial charge in [-0.2, -0.15) is 4.98 Å². The number of hydrogen-bond acceptors (Lipinski definition) is 4. The Morgan fingerprint density at radius 2 is 2.19 bits per heavy atom. The highest BCUT2D eigenvalue weighted by Gasteiger charge is 2.25. The zero-order chi connectivity index (χ0) is 18.1. The average molecular weight is 375 g/mol. The smallest absolute Gasteiger partial charge is 0.321 e. The van der Waals surface area contributed by atoms with Crippen LogP contribution in [0, 0.1) is 5.82 Å². The summed E-state index contributed by atoms with van der Waals surface area (Å²) in [6.45, 7) is 1.31. The number of anilines is 2. The van der Waals surface area contributed by atoms with Crippen molar-refractivity contribution in [3.05, 3.63) is 53.4 Å². The van der Waals surface area contributed by atoms with Crippen LogP contribution in [0.1, 0.15) is 6.42 Å². The van der Waals surface area contributed by atoms with Crippen molar-refractivity contribution >= 4 is 34.9 Å². The van der Waals surface area contributed by atoms with Crippen molar-refractivity contribution in [3.8, 4) is 0 Å². The van der Waals surface area contributed by atoms with Crippen LogP contribution in [0.4, 0.5) is 20.8 Å². The number of benzene rings is 1. The van der Waals surface area contributed by atoms with Gasteiger partial charge in [-0.15, -0.1) is 5.10 Å². The molecule has 3 aromatic rings. The first-order valence-corrected chi connectivity index (χ1v) is 8.55. The molecule has 0 spiro atoms. The lowest BCUT2D eigenvalue weighted by Gasteiger charge is -2.19. The van der Waals surface area contributed by atoms with Gasteiger partial charge in [-0.25, -0.2) is 13.7 Å². The number of urea groups is 1. The van der Waals surface area contributed by atoms with Gasteiger partial charge in [0.25, 0.3) is 5.95 Å². The number of nitrogens with zero attached hydrogens (tertiary/aromatic N) is 4. The molecule has 2 N–H and O–H groups in total. The Bertz CT molecular complexity index is 928. The number of hydrogen-bond donors (Lipinski definition) is 2. The maximum atomic E-state index is 13.6. The molecule has 0 bridgehead atoms. The standard InChI is InChI=1S/C17H16ClFN6O/c18-13-5-4-12(9-14(13)19)24-8-6-11(10-24)20-17(26)22-16-21-15-3-1-2-7-25(15)23-16/h1-5,7,9,11H,6,8,10H2,(H2,20,22,23,26). The molecule has 0 aliphatic carbocycles. The topological polar surface area (TPSA) is 74.6 Å². The molecule has 26 heavy (non-hydrogen) atoms. The van der Waals surface area contributed by atoms with Crippen LogP contribution in [0.25, 0.3) is 5.65 Å². The number of carbonyl (C=O) groups excluding carboxylic acids is 1. The fourth-order valence-electron chi connectivity index (χ4n) is 3.00. The van der Waals surface area contributed by atoms with Crippen LogP contribution < -0.4 is 15.5 Å². The molecule has 1 fully saturated rings.